The second-order valence-electron chi connectivity index (χ2n) is 6.38. The summed E-state index contributed by atoms with van der Waals surface area (Å²) in [5.41, 5.74) is 0.494. The molecular weight excluding hydrogens is 351 g/mol. The van der Waals surface area contributed by atoms with E-state index in [1.807, 2.05) is 0 Å². The lowest BCUT2D eigenvalue weighted by Gasteiger charge is -2.25. The summed E-state index contributed by atoms with van der Waals surface area (Å²) in [5, 5.41) is 11.4. The van der Waals surface area contributed by atoms with Crippen LogP contribution in [0.5, 0.6) is 0 Å². The molecular formula is C17H20ClFN2O4. The zero-order valence-corrected chi connectivity index (χ0v) is 14.7. The lowest BCUT2D eigenvalue weighted by atomic mass is 9.92. The number of likely N-dealkylation sites (tertiary alicyclic amines) is 1. The number of carboxylic acid groups (broad SMARTS) is 1. The first-order chi connectivity index (χ1) is 11.7. The van der Waals surface area contributed by atoms with Crippen LogP contribution in [-0.4, -0.2) is 41.4 Å². The van der Waals surface area contributed by atoms with Crippen LogP contribution in [0, 0.1) is 17.7 Å². The maximum absolute atomic E-state index is 13.8. The van der Waals surface area contributed by atoms with Crippen molar-refractivity contribution in [2.24, 2.45) is 11.8 Å². The number of nitrogens with zero attached hydrogens (tertiary/aromatic N) is 1. The average molecular weight is 371 g/mol. The van der Waals surface area contributed by atoms with Gasteiger partial charge in [0.05, 0.1) is 17.0 Å². The summed E-state index contributed by atoms with van der Waals surface area (Å²) in [5.74, 6) is -3.01. The van der Waals surface area contributed by atoms with Gasteiger partial charge in [-0.3, -0.25) is 14.4 Å². The molecule has 1 heterocycles. The van der Waals surface area contributed by atoms with Gasteiger partial charge < -0.3 is 15.3 Å². The number of benzene rings is 1. The Balaban J connectivity index is 2.14. The van der Waals surface area contributed by atoms with E-state index in [2.05, 4.69) is 5.32 Å². The SMILES string of the molecule is CC(CNC(=O)C1CC(=O)N(C)C1c1ccc(Cl)c(F)c1)CC(=O)O. The van der Waals surface area contributed by atoms with Gasteiger partial charge >= 0.3 is 5.97 Å². The van der Waals surface area contributed by atoms with Crippen molar-refractivity contribution < 1.29 is 23.9 Å². The maximum atomic E-state index is 13.8. The van der Waals surface area contributed by atoms with Crippen molar-refractivity contribution in [1.82, 2.24) is 10.2 Å². The second kappa shape index (κ2) is 7.82. The Hall–Kier alpha value is -2.15. The number of rotatable bonds is 6. The monoisotopic (exact) mass is 370 g/mol. The van der Waals surface area contributed by atoms with Crippen molar-refractivity contribution in [3.63, 3.8) is 0 Å². The average Bonchev–Trinajstić information content (AvgIpc) is 2.83. The Morgan fingerprint density at radius 3 is 2.76 bits per heavy atom. The molecule has 2 rings (SSSR count). The molecule has 1 aromatic carbocycles. The van der Waals surface area contributed by atoms with Gasteiger partial charge in [0.1, 0.15) is 5.82 Å². The highest BCUT2D eigenvalue weighted by Gasteiger charge is 2.42. The maximum Gasteiger partial charge on any atom is 0.303 e. The molecule has 1 aromatic rings. The highest BCUT2D eigenvalue weighted by atomic mass is 35.5. The molecule has 8 heteroatoms. The van der Waals surface area contributed by atoms with Crippen molar-refractivity contribution >= 4 is 29.4 Å². The lowest BCUT2D eigenvalue weighted by Crippen LogP contribution is -2.37. The van der Waals surface area contributed by atoms with E-state index in [1.54, 1.807) is 20.0 Å². The standard InChI is InChI=1S/C17H20ClFN2O4/c1-9(5-15(23)24)8-20-17(25)11-7-14(22)21(2)16(11)10-3-4-12(18)13(19)6-10/h3-4,6,9,11,16H,5,7-8H2,1-2H3,(H,20,25)(H,23,24). The molecule has 2 amide bonds. The highest BCUT2D eigenvalue weighted by molar-refractivity contribution is 6.30. The molecule has 0 radical (unpaired) electrons. The van der Waals surface area contributed by atoms with E-state index < -0.39 is 23.7 Å². The van der Waals surface area contributed by atoms with Gasteiger partial charge in [-0.05, 0) is 23.6 Å². The van der Waals surface area contributed by atoms with Crippen LogP contribution < -0.4 is 5.32 Å². The first-order valence-electron chi connectivity index (χ1n) is 7.90. The number of aliphatic carboxylic acids is 1. The van der Waals surface area contributed by atoms with Gasteiger partial charge in [-0.2, -0.15) is 0 Å². The quantitative estimate of drug-likeness (QED) is 0.803. The second-order valence-corrected chi connectivity index (χ2v) is 6.79. The van der Waals surface area contributed by atoms with Crippen LogP contribution in [0.25, 0.3) is 0 Å². The largest absolute Gasteiger partial charge is 0.481 e. The molecule has 3 unspecified atom stereocenters. The molecule has 0 spiro atoms. The molecule has 0 bridgehead atoms. The minimum atomic E-state index is -0.938. The summed E-state index contributed by atoms with van der Waals surface area (Å²) in [6.45, 7) is 1.91. The molecule has 1 saturated heterocycles. The molecule has 1 aliphatic heterocycles. The summed E-state index contributed by atoms with van der Waals surface area (Å²) in [4.78, 5) is 36.7. The van der Waals surface area contributed by atoms with Crippen molar-refractivity contribution in [3.05, 3.63) is 34.6 Å². The Kier molecular flexibility index (Phi) is 6.00. The van der Waals surface area contributed by atoms with E-state index in [1.165, 1.54) is 17.0 Å². The zero-order chi connectivity index (χ0) is 18.7. The Bertz CT molecular complexity index is 697. The fourth-order valence-electron chi connectivity index (χ4n) is 3.03. The van der Waals surface area contributed by atoms with Gasteiger partial charge in [0.2, 0.25) is 11.8 Å². The van der Waals surface area contributed by atoms with Crippen LogP contribution >= 0.6 is 11.6 Å². The van der Waals surface area contributed by atoms with Crippen molar-refractivity contribution in [2.75, 3.05) is 13.6 Å². The molecule has 3 atom stereocenters. The van der Waals surface area contributed by atoms with Crippen LogP contribution in [0.3, 0.4) is 0 Å². The molecule has 0 saturated carbocycles. The highest BCUT2D eigenvalue weighted by Crippen LogP contribution is 2.38. The first-order valence-corrected chi connectivity index (χ1v) is 8.28. The van der Waals surface area contributed by atoms with E-state index in [0.29, 0.717) is 5.56 Å². The number of amides is 2. The fraction of sp³-hybridized carbons (Fsp3) is 0.471. The third-order valence-corrected chi connectivity index (χ3v) is 4.66. The summed E-state index contributed by atoms with van der Waals surface area (Å²) >= 11 is 5.69. The number of carboxylic acids is 1. The molecule has 0 aliphatic carbocycles. The number of halogens is 2. The molecule has 1 aliphatic rings. The number of hydrogen-bond acceptors (Lipinski definition) is 3. The van der Waals surface area contributed by atoms with Crippen LogP contribution in [0.2, 0.25) is 5.02 Å². The topological polar surface area (TPSA) is 86.7 Å². The Morgan fingerprint density at radius 2 is 2.16 bits per heavy atom. The number of carbonyl (C=O) groups is 3. The summed E-state index contributed by atoms with van der Waals surface area (Å²) in [7, 11) is 1.57. The van der Waals surface area contributed by atoms with Gasteiger partial charge in [0, 0.05) is 26.4 Å². The number of carbonyl (C=O) groups excluding carboxylic acids is 2. The van der Waals surface area contributed by atoms with E-state index in [4.69, 9.17) is 16.7 Å². The van der Waals surface area contributed by atoms with E-state index in [9.17, 15) is 18.8 Å². The summed E-state index contributed by atoms with van der Waals surface area (Å²) in [6.07, 6.45) is -0.0415. The first kappa shape index (κ1) is 19.2. The number of nitrogens with one attached hydrogen (secondary N) is 1. The summed E-state index contributed by atoms with van der Waals surface area (Å²) < 4.78 is 13.8. The van der Waals surface area contributed by atoms with Crippen LogP contribution in [-0.2, 0) is 14.4 Å². The van der Waals surface area contributed by atoms with Gasteiger partial charge in [-0.25, -0.2) is 4.39 Å². The van der Waals surface area contributed by atoms with E-state index >= 15 is 0 Å². The molecule has 1 fully saturated rings. The predicted molar refractivity (Wildman–Crippen MR) is 89.5 cm³/mol. The smallest absolute Gasteiger partial charge is 0.303 e. The third kappa shape index (κ3) is 4.48. The third-order valence-electron chi connectivity index (χ3n) is 4.36. The Morgan fingerprint density at radius 1 is 1.48 bits per heavy atom. The lowest BCUT2D eigenvalue weighted by molar-refractivity contribution is -0.138. The van der Waals surface area contributed by atoms with Gasteiger partial charge in [0.25, 0.3) is 0 Å². The van der Waals surface area contributed by atoms with Crippen molar-refractivity contribution in [1.29, 1.82) is 0 Å². The molecule has 0 aromatic heterocycles. The number of hydrogen-bond donors (Lipinski definition) is 2. The van der Waals surface area contributed by atoms with Crippen LogP contribution in [0.1, 0.15) is 31.4 Å². The van der Waals surface area contributed by atoms with E-state index in [0.717, 1.165) is 0 Å². The van der Waals surface area contributed by atoms with Gasteiger partial charge in [-0.15, -0.1) is 0 Å². The fourth-order valence-corrected chi connectivity index (χ4v) is 3.15. The van der Waals surface area contributed by atoms with Crippen molar-refractivity contribution in [2.45, 2.75) is 25.8 Å². The molecule has 136 valence electrons. The van der Waals surface area contributed by atoms with Crippen LogP contribution in [0.15, 0.2) is 18.2 Å². The van der Waals surface area contributed by atoms with Crippen molar-refractivity contribution in [3.8, 4) is 0 Å². The summed E-state index contributed by atoms with van der Waals surface area (Å²) in [6, 6.07) is 3.63. The minimum Gasteiger partial charge on any atom is -0.481 e. The van der Waals surface area contributed by atoms with E-state index in [-0.39, 0.29) is 42.1 Å². The van der Waals surface area contributed by atoms with Gasteiger partial charge in [0.15, 0.2) is 0 Å². The normalized spacial score (nSPS) is 21.3. The van der Waals surface area contributed by atoms with Gasteiger partial charge in [-0.1, -0.05) is 24.6 Å². The minimum absolute atomic E-state index is 0.0184. The van der Waals surface area contributed by atoms with Crippen LogP contribution in [0.4, 0.5) is 4.39 Å². The molecule has 6 nitrogen and oxygen atoms in total. The molecule has 25 heavy (non-hydrogen) atoms. The predicted octanol–water partition coefficient (Wildman–Crippen LogP) is 2.23. The molecule has 2 N–H and O–H groups in total. The Labute approximate surface area is 149 Å². The zero-order valence-electron chi connectivity index (χ0n) is 14.0.